The number of carbonyl (C=O) groups excluding carboxylic acids is 8. The van der Waals surface area contributed by atoms with Crippen molar-refractivity contribution in [1.82, 2.24) is 26.6 Å². The van der Waals surface area contributed by atoms with Gasteiger partial charge in [-0.3, -0.25) is 38.4 Å². The normalized spacial score (nSPS) is 28.3. The maximum Gasteiger partial charge on any atom is 0.246 e. The number of aliphatic hydroxyl groups excluding tert-OH is 6. The molecule has 4 aliphatic carbocycles. The van der Waals surface area contributed by atoms with Gasteiger partial charge in [-0.05, 0) is 176 Å². The van der Waals surface area contributed by atoms with Gasteiger partial charge in [-0.15, -0.1) is 0 Å². The van der Waals surface area contributed by atoms with Crippen molar-refractivity contribution in [1.29, 1.82) is 0 Å². The number of hydrogen-bond donors (Lipinski definition) is 15. The summed E-state index contributed by atoms with van der Waals surface area (Å²) in [7, 11) is 0. The number of ketones is 3. The van der Waals surface area contributed by atoms with E-state index in [2.05, 4.69) is 33.5 Å². The van der Waals surface area contributed by atoms with Crippen LogP contribution in [0.1, 0.15) is 220 Å². The zero-order chi connectivity index (χ0) is 81.7. The van der Waals surface area contributed by atoms with E-state index in [1.54, 1.807) is 6.92 Å². The molecule has 0 unspecified atom stereocenters. The number of halogens is 2. The van der Waals surface area contributed by atoms with Gasteiger partial charge in [0.25, 0.3) is 0 Å². The fourth-order valence-electron chi connectivity index (χ4n) is 18.3. The number of carbonyl (C=O) groups is 8. The van der Waals surface area contributed by atoms with Crippen molar-refractivity contribution in [2.45, 2.75) is 236 Å². The van der Waals surface area contributed by atoms with Gasteiger partial charge < -0.3 is 97.2 Å². The SMILES string of the molecule is CCCCCCCCCCCNCc1c(O)cc2c(c1O)-c1cc(ccc1O)[C@H]1CC(=O)[C@@H]3NC(=O)[C@H](CC(N)=O)CC(=O)[C@H](NC(=O)[C@H](CC)CC(C)C)[C@H](O)c4ccc(c(Cl)c4)Oc4cc3cc(c4O[C@@H]3O[C@H](CO)[C@@H](O)[C@H](O)[C@H]3O)Oc3ccc(cc3Cl)[C@@H](O)[C@H](NC1=O)C(=O)N[C@@H]2C(=O)CC1C2CC3CC(C2)CC1C3. The van der Waals surface area contributed by atoms with Crippen molar-refractivity contribution in [2.75, 3.05) is 13.2 Å². The number of benzene rings is 5. The number of phenols is 3. The van der Waals surface area contributed by atoms with Crippen LogP contribution in [-0.2, 0) is 49.6 Å². The monoisotopic (exact) mass is 1620 g/mol. The van der Waals surface area contributed by atoms with Crippen LogP contribution in [0.25, 0.3) is 11.1 Å². The molecular formula is C85H106Cl2N6O21. The van der Waals surface area contributed by atoms with Crippen LogP contribution in [0.4, 0.5) is 0 Å². The highest BCUT2D eigenvalue weighted by molar-refractivity contribution is 6.32. The Balaban J connectivity index is 1.04. The maximum absolute atomic E-state index is 16.5. The van der Waals surface area contributed by atoms with Crippen LogP contribution >= 0.6 is 23.2 Å². The number of Topliss-reactive ketones (excluding diaryl/α,β-unsaturated/α-hetero) is 3. The molecule has 6 heterocycles. The third kappa shape index (κ3) is 19.0. The zero-order valence-corrected chi connectivity index (χ0v) is 66.0. The molecule has 15 rings (SSSR count). The van der Waals surface area contributed by atoms with E-state index in [1.807, 2.05) is 13.8 Å². The number of fused-ring (bicyclic) bond motifs is 15. The first-order chi connectivity index (χ1) is 54.5. The van der Waals surface area contributed by atoms with E-state index in [4.69, 9.17) is 47.9 Å². The second-order valence-electron chi connectivity index (χ2n) is 32.7. The van der Waals surface area contributed by atoms with Crippen LogP contribution in [0.3, 0.4) is 0 Å². The van der Waals surface area contributed by atoms with E-state index < -0.39 is 192 Å². The first kappa shape index (κ1) is 84.9. The number of hydrogen-bond acceptors (Lipinski definition) is 22. The van der Waals surface area contributed by atoms with E-state index in [9.17, 15) is 55.5 Å². The number of nitrogens with one attached hydrogen (secondary N) is 5. The standard InChI is InChI=1S/C85H106Cl2N6O21/c1-5-7-8-9-10-11-12-13-14-21-89-38-55-59(96)37-54-69(76(55)103)53-28-44(15-18-58(53)95)52-36-61(98)70-49-32-65(111-63-19-16-45(29-56(63)86)74(101)72(92-81(107)43(6-2)22-40(3)4)60(97)31-50(34-68(88)100)82(108)90-70)80(114-85-79(106)78(105)77(104)67(39-94)113-85)66(33-49)112-64-20-17-46(30-57(64)87)75(102)73(93-83(52)109)84(110)91-71(54)62(99)35-51-47-24-41-23-42(26-47)27-48(51)25-41/h15-20,28-30,32-33,37,40-43,47-48,50-52,67,70-75,77-79,85,89,94-96,101-106H,5-14,21-27,31,34-36,38-39H2,1-4H3,(H2,88,100)(H,90,108)(H,91,110)(H,92,107)(H,93,109)/t41?,42?,43-,47?,48?,50+,51?,52-,67-,70-,71+,72+,73+,74-,75-,77-,78+,79-,85+/m1/s1. The van der Waals surface area contributed by atoms with Gasteiger partial charge in [0.1, 0.15) is 89.5 Å². The average molecular weight is 1620 g/mol. The molecule has 0 aromatic heterocycles. The van der Waals surface area contributed by atoms with Gasteiger partial charge in [0.15, 0.2) is 28.8 Å². The van der Waals surface area contributed by atoms with Crippen molar-refractivity contribution >= 4 is 70.1 Å². The molecule has 4 saturated carbocycles. The van der Waals surface area contributed by atoms with E-state index in [-0.39, 0.29) is 103 Å². The molecule has 5 aromatic carbocycles. The molecule has 5 amide bonds. The molecule has 16 N–H and O–H groups in total. The van der Waals surface area contributed by atoms with E-state index in [0.717, 1.165) is 89.2 Å². The number of nitrogens with two attached hydrogens (primary N) is 1. The third-order valence-electron chi connectivity index (χ3n) is 24.2. The van der Waals surface area contributed by atoms with Gasteiger partial charge in [-0.25, -0.2) is 0 Å². The first-order valence-electron chi connectivity index (χ1n) is 40.2. The predicted octanol–water partition coefficient (Wildman–Crippen LogP) is 9.85. The Hall–Kier alpha value is -8.48. The van der Waals surface area contributed by atoms with Crippen LogP contribution in [0.15, 0.2) is 72.8 Å². The molecular weight excluding hydrogens is 1510 g/mol. The first-order valence-corrected chi connectivity index (χ1v) is 40.9. The summed E-state index contributed by atoms with van der Waals surface area (Å²) < 4.78 is 25.5. The lowest BCUT2D eigenvalue weighted by molar-refractivity contribution is -0.277. The molecule has 616 valence electrons. The molecule has 0 radical (unpaired) electrons. The van der Waals surface area contributed by atoms with Crippen LogP contribution < -0.4 is 46.5 Å². The van der Waals surface area contributed by atoms with Crippen molar-refractivity contribution in [2.24, 2.45) is 53.1 Å². The third-order valence-corrected chi connectivity index (χ3v) is 24.8. The van der Waals surface area contributed by atoms with Gasteiger partial charge in [-0.1, -0.05) is 120 Å². The van der Waals surface area contributed by atoms with Crippen LogP contribution in [0.2, 0.25) is 10.0 Å². The number of aliphatic hydroxyl groups is 6. The van der Waals surface area contributed by atoms with Gasteiger partial charge in [0.05, 0.1) is 34.1 Å². The van der Waals surface area contributed by atoms with Gasteiger partial charge >= 0.3 is 0 Å². The Morgan fingerprint density at radius 1 is 0.640 bits per heavy atom. The minimum absolute atomic E-state index is 0.00353. The summed E-state index contributed by atoms with van der Waals surface area (Å²) >= 11 is 14.3. The second kappa shape index (κ2) is 37.2. The molecule has 27 nitrogen and oxygen atoms in total. The fourth-order valence-corrected chi connectivity index (χ4v) is 18.7. The Labute approximate surface area is 671 Å². The van der Waals surface area contributed by atoms with E-state index >= 15 is 28.8 Å². The Morgan fingerprint density at radius 3 is 1.85 bits per heavy atom. The van der Waals surface area contributed by atoms with Crippen molar-refractivity contribution in [3.63, 3.8) is 0 Å². The summed E-state index contributed by atoms with van der Waals surface area (Å²) in [5.41, 5.74) is 4.54. The fraction of sp³-hybridized carbons (Fsp3) is 0.553. The van der Waals surface area contributed by atoms with Gasteiger partial charge in [-0.2, -0.15) is 0 Å². The lowest BCUT2D eigenvalue weighted by Crippen LogP contribution is -2.60. The smallest absolute Gasteiger partial charge is 0.246 e. The van der Waals surface area contributed by atoms with Gasteiger partial charge in [0, 0.05) is 49.3 Å². The van der Waals surface area contributed by atoms with Crippen molar-refractivity contribution in [3.05, 3.63) is 116 Å². The Morgan fingerprint density at radius 2 is 1.25 bits per heavy atom. The maximum atomic E-state index is 16.5. The largest absolute Gasteiger partial charge is 0.507 e. The molecule has 15 bridgehead atoms. The molecule has 0 spiro atoms. The van der Waals surface area contributed by atoms with E-state index in [0.29, 0.717) is 31.2 Å². The summed E-state index contributed by atoms with van der Waals surface area (Å²) in [4.78, 5) is 123. The number of amides is 5. The molecule has 5 fully saturated rings. The minimum Gasteiger partial charge on any atom is -0.507 e. The summed E-state index contributed by atoms with van der Waals surface area (Å²) in [6.45, 7) is 7.15. The highest BCUT2D eigenvalue weighted by Gasteiger charge is 2.51. The molecule has 29 heteroatoms. The summed E-state index contributed by atoms with van der Waals surface area (Å²) in [6, 6.07) is 6.88. The lowest BCUT2D eigenvalue weighted by atomic mass is 9.51. The highest BCUT2D eigenvalue weighted by atomic mass is 35.5. The molecule has 10 aliphatic rings. The topological polar surface area (TPSA) is 442 Å². The Kier molecular flexibility index (Phi) is 27.7. The summed E-state index contributed by atoms with van der Waals surface area (Å²) in [5, 5.41) is 121. The molecule has 5 aromatic rings. The highest BCUT2D eigenvalue weighted by Crippen LogP contribution is 2.59. The van der Waals surface area contributed by atoms with Crippen LogP contribution in [0, 0.1) is 47.3 Å². The van der Waals surface area contributed by atoms with Crippen molar-refractivity contribution in [3.8, 4) is 57.1 Å². The summed E-state index contributed by atoms with van der Waals surface area (Å²) in [6.07, 6.45) is -1.55. The number of primary amides is 1. The number of ether oxygens (including phenoxy) is 4. The molecule has 1 saturated heterocycles. The van der Waals surface area contributed by atoms with Crippen molar-refractivity contribution < 1.29 is 103 Å². The summed E-state index contributed by atoms with van der Waals surface area (Å²) in [5.74, 6) is -14.8. The molecule has 114 heavy (non-hydrogen) atoms. The lowest BCUT2D eigenvalue weighted by Gasteiger charge is -2.54. The number of aromatic hydroxyl groups is 3. The quantitative estimate of drug-likeness (QED) is 0.0242. The molecule has 14 atom stereocenters. The molecule has 6 aliphatic heterocycles. The average Bonchev–Trinajstić information content (AvgIpc) is 0.754. The number of phenolic OH excluding ortho intramolecular Hbond substituents is 3. The predicted molar refractivity (Wildman–Crippen MR) is 418 cm³/mol. The van der Waals surface area contributed by atoms with E-state index in [1.165, 1.54) is 73.5 Å². The van der Waals surface area contributed by atoms with Crippen LogP contribution in [-0.4, -0.2) is 149 Å². The van der Waals surface area contributed by atoms with Gasteiger partial charge in [0.2, 0.25) is 41.6 Å². The van der Waals surface area contributed by atoms with Crippen LogP contribution in [0.5, 0.6) is 46.0 Å². The zero-order valence-electron chi connectivity index (χ0n) is 64.5. The number of rotatable bonds is 25. The Bertz CT molecular complexity index is 4380. The second-order valence-corrected chi connectivity index (χ2v) is 33.5. The minimum atomic E-state index is -2.14. The number of unbranched alkanes of at least 4 members (excludes halogenated alkanes) is 8.